The number of benzene rings is 1. The summed E-state index contributed by atoms with van der Waals surface area (Å²) < 4.78 is 0. The van der Waals surface area contributed by atoms with Crippen molar-refractivity contribution in [3.63, 3.8) is 0 Å². The van der Waals surface area contributed by atoms with E-state index >= 15 is 0 Å². The van der Waals surface area contributed by atoms with Crippen LogP contribution in [0.5, 0.6) is 0 Å². The topological polar surface area (TPSA) is 72.7 Å². The number of β-amino-alcohol motifs (C(OH)–C–C–N with tert-alkyl or cyclic N) is 1. The van der Waals surface area contributed by atoms with Crippen LogP contribution in [-0.4, -0.2) is 40.6 Å². The first-order valence-electron chi connectivity index (χ1n) is 5.51. The van der Waals surface area contributed by atoms with Crippen molar-refractivity contribution in [2.45, 2.75) is 18.6 Å². The van der Waals surface area contributed by atoms with Gasteiger partial charge in [0.25, 0.3) is 0 Å². The predicted molar refractivity (Wildman–Crippen MR) is 72.0 cm³/mol. The molecule has 1 unspecified atom stereocenters. The highest BCUT2D eigenvalue weighted by Gasteiger charge is 2.23. The highest BCUT2D eigenvalue weighted by Crippen LogP contribution is 2.26. The number of hydrogen-bond donors (Lipinski definition) is 4. The molecule has 1 atom stereocenters. The third kappa shape index (κ3) is 4.09. The molecule has 1 rings (SSSR count). The molecule has 1 aromatic carbocycles. The lowest BCUT2D eigenvalue weighted by atomic mass is 10.0. The van der Waals surface area contributed by atoms with Gasteiger partial charge < -0.3 is 20.6 Å². The van der Waals surface area contributed by atoms with Crippen molar-refractivity contribution in [3.8, 4) is 0 Å². The van der Waals surface area contributed by atoms with Crippen molar-refractivity contribution in [3.05, 3.63) is 33.8 Å². The lowest BCUT2D eigenvalue weighted by molar-refractivity contribution is 0.0846. The van der Waals surface area contributed by atoms with Crippen LogP contribution >= 0.6 is 23.2 Å². The Morgan fingerprint density at radius 3 is 2.44 bits per heavy atom. The first-order valence-corrected chi connectivity index (χ1v) is 6.27. The maximum atomic E-state index is 10.0. The summed E-state index contributed by atoms with van der Waals surface area (Å²) in [5.74, 6) is 0. The quantitative estimate of drug-likeness (QED) is 0.639. The van der Waals surface area contributed by atoms with Crippen LogP contribution < -0.4 is 5.32 Å². The molecule has 0 amide bonds. The van der Waals surface area contributed by atoms with Crippen molar-refractivity contribution in [1.29, 1.82) is 0 Å². The molecule has 102 valence electrons. The summed E-state index contributed by atoms with van der Waals surface area (Å²) >= 11 is 11.8. The summed E-state index contributed by atoms with van der Waals surface area (Å²) in [4.78, 5) is 0. The van der Waals surface area contributed by atoms with E-state index in [1.165, 1.54) is 0 Å². The van der Waals surface area contributed by atoms with Gasteiger partial charge in [-0.3, -0.25) is 0 Å². The Morgan fingerprint density at radius 2 is 1.89 bits per heavy atom. The van der Waals surface area contributed by atoms with E-state index in [4.69, 9.17) is 33.4 Å². The van der Waals surface area contributed by atoms with Crippen molar-refractivity contribution in [2.75, 3.05) is 19.8 Å². The number of nitrogens with one attached hydrogen (secondary N) is 1. The molecular weight excluding hydrogens is 277 g/mol. The first-order chi connectivity index (χ1) is 8.41. The molecule has 0 aliphatic rings. The van der Waals surface area contributed by atoms with Crippen molar-refractivity contribution < 1.29 is 15.3 Å². The number of halogens is 2. The molecule has 0 bridgehead atoms. The third-order valence-corrected chi connectivity index (χ3v) is 3.32. The Kier molecular flexibility index (Phi) is 5.85. The molecule has 4 nitrogen and oxygen atoms in total. The summed E-state index contributed by atoms with van der Waals surface area (Å²) in [5, 5.41) is 32.0. The van der Waals surface area contributed by atoms with E-state index < -0.39 is 11.6 Å². The zero-order valence-corrected chi connectivity index (χ0v) is 11.5. The summed E-state index contributed by atoms with van der Waals surface area (Å²) in [5.41, 5.74) is -0.332. The Labute approximate surface area is 116 Å². The molecule has 0 spiro atoms. The standard InChI is InChI=1S/C12H17Cl2NO3/c1-12(6-16,7-17)15-5-11(18)9-4-8(13)2-3-10(9)14/h2-4,11,15-18H,5-7H2,1H3. The minimum absolute atomic E-state index is 0.150. The van der Waals surface area contributed by atoms with E-state index in [1.807, 2.05) is 0 Å². The Bertz CT molecular complexity index is 397. The molecule has 0 fully saturated rings. The molecule has 18 heavy (non-hydrogen) atoms. The molecule has 1 aromatic rings. The van der Waals surface area contributed by atoms with Gasteiger partial charge in [0.2, 0.25) is 0 Å². The van der Waals surface area contributed by atoms with Gasteiger partial charge in [-0.05, 0) is 25.1 Å². The average molecular weight is 294 g/mol. The average Bonchev–Trinajstić information content (AvgIpc) is 2.38. The van der Waals surface area contributed by atoms with Gasteiger partial charge in [0.15, 0.2) is 0 Å². The fourth-order valence-electron chi connectivity index (χ4n) is 1.38. The minimum Gasteiger partial charge on any atom is -0.394 e. The van der Waals surface area contributed by atoms with Gasteiger partial charge in [0.1, 0.15) is 0 Å². The molecule has 0 radical (unpaired) electrons. The van der Waals surface area contributed by atoms with Crippen molar-refractivity contribution >= 4 is 23.2 Å². The van der Waals surface area contributed by atoms with Gasteiger partial charge in [-0.1, -0.05) is 23.2 Å². The molecule has 0 heterocycles. The van der Waals surface area contributed by atoms with Gasteiger partial charge in [-0.15, -0.1) is 0 Å². The third-order valence-electron chi connectivity index (χ3n) is 2.74. The largest absolute Gasteiger partial charge is 0.394 e. The molecule has 0 saturated heterocycles. The first kappa shape index (κ1) is 15.7. The fourth-order valence-corrected chi connectivity index (χ4v) is 1.81. The molecule has 4 N–H and O–H groups in total. The molecule has 0 aliphatic heterocycles. The zero-order valence-electron chi connectivity index (χ0n) is 10.0. The zero-order chi connectivity index (χ0) is 13.8. The van der Waals surface area contributed by atoms with E-state index in [9.17, 15) is 5.11 Å². The van der Waals surface area contributed by atoms with Gasteiger partial charge >= 0.3 is 0 Å². The Hall–Kier alpha value is -0.360. The van der Waals surface area contributed by atoms with E-state index in [-0.39, 0.29) is 19.8 Å². The van der Waals surface area contributed by atoms with E-state index in [1.54, 1.807) is 25.1 Å². The van der Waals surface area contributed by atoms with E-state index in [0.717, 1.165) is 0 Å². The van der Waals surface area contributed by atoms with Crippen LogP contribution in [0.3, 0.4) is 0 Å². The van der Waals surface area contributed by atoms with Crippen LogP contribution in [0.2, 0.25) is 10.0 Å². The summed E-state index contributed by atoms with van der Waals surface area (Å²) in [6.07, 6.45) is -0.867. The van der Waals surface area contributed by atoms with Crippen LogP contribution in [0.1, 0.15) is 18.6 Å². The lowest BCUT2D eigenvalue weighted by Crippen LogP contribution is -2.50. The van der Waals surface area contributed by atoms with Crippen LogP contribution in [0.15, 0.2) is 18.2 Å². The number of hydrogen-bond acceptors (Lipinski definition) is 4. The van der Waals surface area contributed by atoms with Crippen LogP contribution in [0.25, 0.3) is 0 Å². The predicted octanol–water partition coefficient (Wildman–Crippen LogP) is 1.36. The highest BCUT2D eigenvalue weighted by molar-refractivity contribution is 6.33. The molecule has 0 saturated carbocycles. The molecule has 0 aliphatic carbocycles. The lowest BCUT2D eigenvalue weighted by Gasteiger charge is -2.28. The maximum absolute atomic E-state index is 10.0. The molecular formula is C12H17Cl2NO3. The van der Waals surface area contributed by atoms with Crippen molar-refractivity contribution in [2.24, 2.45) is 0 Å². The monoisotopic (exact) mass is 293 g/mol. The number of rotatable bonds is 6. The van der Waals surface area contributed by atoms with Crippen LogP contribution in [-0.2, 0) is 0 Å². The SMILES string of the molecule is CC(CO)(CO)NCC(O)c1cc(Cl)ccc1Cl. The fraction of sp³-hybridized carbons (Fsp3) is 0.500. The van der Waals surface area contributed by atoms with E-state index in [0.29, 0.717) is 15.6 Å². The van der Waals surface area contributed by atoms with Crippen LogP contribution in [0.4, 0.5) is 0 Å². The Morgan fingerprint density at radius 1 is 1.28 bits per heavy atom. The number of aliphatic hydroxyl groups is 3. The molecule has 0 aromatic heterocycles. The second-order valence-electron chi connectivity index (χ2n) is 4.44. The second kappa shape index (κ2) is 6.70. The summed E-state index contributed by atoms with van der Waals surface area (Å²) in [7, 11) is 0. The second-order valence-corrected chi connectivity index (χ2v) is 5.28. The van der Waals surface area contributed by atoms with Crippen LogP contribution in [0, 0.1) is 0 Å². The summed E-state index contributed by atoms with van der Waals surface area (Å²) in [6.45, 7) is 1.33. The van der Waals surface area contributed by atoms with Gasteiger partial charge in [-0.2, -0.15) is 0 Å². The highest BCUT2D eigenvalue weighted by atomic mass is 35.5. The summed E-state index contributed by atoms with van der Waals surface area (Å²) in [6, 6.07) is 4.84. The van der Waals surface area contributed by atoms with Gasteiger partial charge in [0, 0.05) is 22.2 Å². The number of aliphatic hydroxyl groups excluding tert-OH is 3. The molecule has 6 heteroatoms. The minimum atomic E-state index is -0.867. The maximum Gasteiger partial charge on any atom is 0.0929 e. The van der Waals surface area contributed by atoms with Gasteiger partial charge in [0.05, 0.1) is 24.9 Å². The Balaban J connectivity index is 2.71. The van der Waals surface area contributed by atoms with Gasteiger partial charge in [-0.25, -0.2) is 0 Å². The normalized spacial score (nSPS) is 13.7. The van der Waals surface area contributed by atoms with Crippen molar-refractivity contribution in [1.82, 2.24) is 5.32 Å². The smallest absolute Gasteiger partial charge is 0.0929 e. The van der Waals surface area contributed by atoms with E-state index in [2.05, 4.69) is 5.32 Å².